The third-order valence-electron chi connectivity index (χ3n) is 3.99. The Labute approximate surface area is 129 Å². The first-order valence-corrected chi connectivity index (χ1v) is 8.67. The molecule has 2 amide bonds. The lowest BCUT2D eigenvalue weighted by molar-refractivity contribution is -0.141. The van der Waals surface area contributed by atoms with E-state index in [1.54, 1.807) is 21.6 Å². The van der Waals surface area contributed by atoms with Gasteiger partial charge in [-0.2, -0.15) is 0 Å². The van der Waals surface area contributed by atoms with E-state index < -0.39 is 12.0 Å². The molecule has 0 aromatic carbocycles. The van der Waals surface area contributed by atoms with Crippen molar-refractivity contribution in [3.8, 4) is 0 Å². The molecular formula is C14H24N2O4S. The second kappa shape index (κ2) is 7.35. The van der Waals surface area contributed by atoms with E-state index in [4.69, 9.17) is 5.11 Å². The smallest absolute Gasteiger partial charge is 0.327 e. The number of carbonyl (C=O) groups excluding carboxylic acids is 1. The number of aliphatic carboxylic acids is 1. The number of carboxylic acid groups (broad SMARTS) is 1. The minimum Gasteiger partial charge on any atom is -0.480 e. The monoisotopic (exact) mass is 316 g/mol. The van der Waals surface area contributed by atoms with Crippen LogP contribution in [0.2, 0.25) is 0 Å². The fourth-order valence-corrected chi connectivity index (χ4v) is 4.27. The van der Waals surface area contributed by atoms with E-state index in [1.807, 2.05) is 6.92 Å². The Hall–Kier alpha value is -0.950. The average molecular weight is 316 g/mol. The van der Waals surface area contributed by atoms with Gasteiger partial charge >= 0.3 is 12.0 Å². The summed E-state index contributed by atoms with van der Waals surface area (Å²) in [4.78, 5) is 27.3. The number of nitrogens with zero attached hydrogens (tertiary/aromatic N) is 2. The molecule has 1 heterocycles. The molecule has 0 radical (unpaired) electrons. The van der Waals surface area contributed by atoms with Crippen molar-refractivity contribution < 1.29 is 19.8 Å². The number of urea groups is 1. The van der Waals surface area contributed by atoms with Gasteiger partial charge in [0.15, 0.2) is 0 Å². The summed E-state index contributed by atoms with van der Waals surface area (Å²) in [5.41, 5.74) is 0. The Kier molecular flexibility index (Phi) is 5.75. The SMILES string of the molecule is CCCCN(CCO)C(=O)N1C(C(=O)O)CSC1C1CC1. The lowest BCUT2D eigenvalue weighted by atomic mass is 10.2. The van der Waals surface area contributed by atoms with Crippen LogP contribution in [-0.2, 0) is 4.79 Å². The molecule has 0 aromatic heterocycles. The molecule has 2 fully saturated rings. The number of unbranched alkanes of at least 4 members (excludes halogenated alkanes) is 1. The summed E-state index contributed by atoms with van der Waals surface area (Å²) in [5, 5.41) is 18.5. The summed E-state index contributed by atoms with van der Waals surface area (Å²) >= 11 is 1.58. The van der Waals surface area contributed by atoms with E-state index in [-0.39, 0.29) is 24.6 Å². The number of hydrogen-bond donors (Lipinski definition) is 2. The molecule has 6 nitrogen and oxygen atoms in total. The molecule has 1 saturated heterocycles. The number of amides is 2. The minimum absolute atomic E-state index is 0.0126. The Balaban J connectivity index is 2.11. The molecule has 0 bridgehead atoms. The number of carboxylic acids is 1. The summed E-state index contributed by atoms with van der Waals surface area (Å²) in [5.74, 6) is -0.0351. The highest BCUT2D eigenvalue weighted by molar-refractivity contribution is 8.00. The fraction of sp³-hybridized carbons (Fsp3) is 0.857. The van der Waals surface area contributed by atoms with Gasteiger partial charge in [-0.3, -0.25) is 4.90 Å². The molecule has 0 spiro atoms. The molecule has 7 heteroatoms. The predicted molar refractivity (Wildman–Crippen MR) is 81.2 cm³/mol. The van der Waals surface area contributed by atoms with Crippen LogP contribution in [0.1, 0.15) is 32.6 Å². The first-order valence-electron chi connectivity index (χ1n) is 7.62. The number of aliphatic hydroxyl groups is 1. The van der Waals surface area contributed by atoms with Gasteiger partial charge in [0.05, 0.1) is 12.0 Å². The largest absolute Gasteiger partial charge is 0.480 e. The topological polar surface area (TPSA) is 81.1 Å². The Bertz CT molecular complexity index is 389. The first-order chi connectivity index (χ1) is 10.1. The predicted octanol–water partition coefficient (Wildman–Crippen LogP) is 1.44. The second-order valence-electron chi connectivity index (χ2n) is 5.67. The van der Waals surface area contributed by atoms with Crippen LogP contribution in [0.25, 0.3) is 0 Å². The Morgan fingerprint density at radius 3 is 2.57 bits per heavy atom. The lowest BCUT2D eigenvalue weighted by Crippen LogP contribution is -2.53. The zero-order chi connectivity index (χ0) is 15.4. The van der Waals surface area contributed by atoms with Gasteiger partial charge < -0.3 is 15.1 Å². The summed E-state index contributed by atoms with van der Waals surface area (Å²) in [6.07, 6.45) is 3.96. The van der Waals surface area contributed by atoms with Crippen molar-refractivity contribution in [2.45, 2.75) is 44.0 Å². The maximum Gasteiger partial charge on any atom is 0.327 e. The quantitative estimate of drug-likeness (QED) is 0.743. The summed E-state index contributed by atoms with van der Waals surface area (Å²) < 4.78 is 0. The van der Waals surface area contributed by atoms with E-state index in [0.29, 0.717) is 18.2 Å². The standard InChI is InChI=1S/C14H24N2O4S/c1-2-3-6-15(7-8-17)14(20)16-11(13(18)19)9-21-12(16)10-4-5-10/h10-12,17H,2-9H2,1H3,(H,18,19). The second-order valence-corrected chi connectivity index (χ2v) is 6.82. The third-order valence-corrected chi connectivity index (χ3v) is 5.45. The van der Waals surface area contributed by atoms with Crippen LogP contribution < -0.4 is 0 Å². The highest BCUT2D eigenvalue weighted by Crippen LogP contribution is 2.45. The molecular weight excluding hydrogens is 292 g/mol. The molecule has 21 heavy (non-hydrogen) atoms. The first kappa shape index (κ1) is 16.4. The maximum atomic E-state index is 12.8. The molecule has 1 saturated carbocycles. The number of hydrogen-bond acceptors (Lipinski definition) is 4. The van der Waals surface area contributed by atoms with Crippen molar-refractivity contribution in [2.75, 3.05) is 25.4 Å². The summed E-state index contributed by atoms with van der Waals surface area (Å²) in [7, 11) is 0. The molecule has 2 N–H and O–H groups in total. The van der Waals surface area contributed by atoms with Crippen LogP contribution in [0, 0.1) is 5.92 Å². The van der Waals surface area contributed by atoms with Crippen molar-refractivity contribution in [3.05, 3.63) is 0 Å². The zero-order valence-corrected chi connectivity index (χ0v) is 13.2. The molecule has 1 aliphatic carbocycles. The highest BCUT2D eigenvalue weighted by atomic mass is 32.2. The minimum atomic E-state index is -0.932. The number of carbonyl (C=O) groups is 2. The fourth-order valence-electron chi connectivity index (χ4n) is 2.64. The average Bonchev–Trinajstić information content (AvgIpc) is 3.20. The van der Waals surface area contributed by atoms with Crippen molar-refractivity contribution in [1.29, 1.82) is 0 Å². The number of aliphatic hydroxyl groups excluding tert-OH is 1. The van der Waals surface area contributed by atoms with Crippen molar-refractivity contribution in [2.24, 2.45) is 5.92 Å². The molecule has 2 unspecified atom stereocenters. The van der Waals surface area contributed by atoms with Gasteiger partial charge in [0.2, 0.25) is 0 Å². The number of rotatable bonds is 7. The Morgan fingerprint density at radius 2 is 2.05 bits per heavy atom. The van der Waals surface area contributed by atoms with E-state index in [0.717, 1.165) is 25.7 Å². The van der Waals surface area contributed by atoms with Gasteiger partial charge in [-0.05, 0) is 25.2 Å². The lowest BCUT2D eigenvalue weighted by Gasteiger charge is -2.33. The van der Waals surface area contributed by atoms with Crippen LogP contribution in [0.3, 0.4) is 0 Å². The third kappa shape index (κ3) is 3.83. The molecule has 2 aliphatic rings. The molecule has 120 valence electrons. The Morgan fingerprint density at radius 1 is 1.33 bits per heavy atom. The van der Waals surface area contributed by atoms with E-state index >= 15 is 0 Å². The van der Waals surface area contributed by atoms with E-state index in [1.165, 1.54) is 0 Å². The van der Waals surface area contributed by atoms with Gasteiger partial charge in [0, 0.05) is 18.8 Å². The highest BCUT2D eigenvalue weighted by Gasteiger charge is 2.48. The van der Waals surface area contributed by atoms with Crippen LogP contribution in [-0.4, -0.2) is 68.9 Å². The van der Waals surface area contributed by atoms with E-state index in [2.05, 4.69) is 0 Å². The van der Waals surface area contributed by atoms with Crippen LogP contribution >= 0.6 is 11.8 Å². The molecule has 2 atom stereocenters. The van der Waals surface area contributed by atoms with Crippen LogP contribution in [0.5, 0.6) is 0 Å². The van der Waals surface area contributed by atoms with Gasteiger partial charge in [-0.1, -0.05) is 13.3 Å². The van der Waals surface area contributed by atoms with Crippen LogP contribution in [0.15, 0.2) is 0 Å². The van der Waals surface area contributed by atoms with Gasteiger partial charge in [0.1, 0.15) is 6.04 Å². The van der Waals surface area contributed by atoms with Crippen molar-refractivity contribution in [1.82, 2.24) is 9.80 Å². The van der Waals surface area contributed by atoms with Gasteiger partial charge in [-0.15, -0.1) is 11.8 Å². The van der Waals surface area contributed by atoms with Gasteiger partial charge in [-0.25, -0.2) is 9.59 Å². The van der Waals surface area contributed by atoms with E-state index in [9.17, 15) is 14.7 Å². The zero-order valence-electron chi connectivity index (χ0n) is 12.4. The molecule has 0 aromatic rings. The van der Waals surface area contributed by atoms with Crippen molar-refractivity contribution in [3.63, 3.8) is 0 Å². The summed E-state index contributed by atoms with van der Waals surface area (Å²) in [6, 6.07) is -0.970. The molecule has 1 aliphatic heterocycles. The van der Waals surface area contributed by atoms with Crippen LogP contribution in [0.4, 0.5) is 4.79 Å². The number of thioether (sulfide) groups is 1. The van der Waals surface area contributed by atoms with Gasteiger partial charge in [0.25, 0.3) is 0 Å². The normalized spacial score (nSPS) is 25.1. The van der Waals surface area contributed by atoms with Crippen molar-refractivity contribution >= 4 is 23.8 Å². The summed E-state index contributed by atoms with van der Waals surface area (Å²) in [6.45, 7) is 2.78. The molecule has 2 rings (SSSR count). The maximum absolute atomic E-state index is 12.8.